The van der Waals surface area contributed by atoms with Gasteiger partial charge in [-0.3, -0.25) is 0 Å². The molecule has 0 aromatic carbocycles. The number of thiazole rings is 1. The summed E-state index contributed by atoms with van der Waals surface area (Å²) in [4.78, 5) is 23.1. The highest BCUT2D eigenvalue weighted by Crippen LogP contribution is 2.29. The van der Waals surface area contributed by atoms with E-state index in [1.54, 1.807) is 5.51 Å². The van der Waals surface area contributed by atoms with Gasteiger partial charge < -0.3 is 19.5 Å². The standard InChI is InChI=1S/C22H27N5O3S/c1-15-21(16(2)30-26-15)19-4-3-5-20(25-19)27-10-7-17(8-11-27)6-9-23-22(28)29-12-18-13-31-14-24-18/h3-5,13-14,17H,6-12H2,1-2H3,(H,23,28). The van der Waals surface area contributed by atoms with Crippen molar-refractivity contribution in [2.45, 2.75) is 39.7 Å². The Kier molecular flexibility index (Phi) is 6.81. The Bertz CT molecular complexity index is 977. The number of piperidine rings is 1. The van der Waals surface area contributed by atoms with Crippen molar-refractivity contribution >= 4 is 23.2 Å². The summed E-state index contributed by atoms with van der Waals surface area (Å²) in [5.74, 6) is 2.36. The minimum atomic E-state index is -0.384. The smallest absolute Gasteiger partial charge is 0.407 e. The molecule has 1 aliphatic heterocycles. The summed E-state index contributed by atoms with van der Waals surface area (Å²) in [6.45, 7) is 6.61. The average Bonchev–Trinajstić information content (AvgIpc) is 3.42. The van der Waals surface area contributed by atoms with Crippen molar-refractivity contribution in [2.75, 3.05) is 24.5 Å². The van der Waals surface area contributed by atoms with Crippen LogP contribution in [0.5, 0.6) is 0 Å². The topological polar surface area (TPSA) is 93.4 Å². The number of aryl methyl sites for hydroxylation is 2. The lowest BCUT2D eigenvalue weighted by Gasteiger charge is -2.33. The number of ether oxygens (including phenoxy) is 1. The van der Waals surface area contributed by atoms with Crippen LogP contribution in [0.4, 0.5) is 10.6 Å². The molecular weight excluding hydrogens is 414 g/mol. The molecule has 1 fully saturated rings. The van der Waals surface area contributed by atoms with Gasteiger partial charge in [-0.1, -0.05) is 11.2 Å². The number of nitrogens with zero attached hydrogens (tertiary/aromatic N) is 4. The van der Waals surface area contributed by atoms with E-state index in [0.717, 1.165) is 66.6 Å². The highest BCUT2D eigenvalue weighted by Gasteiger charge is 2.21. The summed E-state index contributed by atoms with van der Waals surface area (Å²) in [6.07, 6.45) is 2.72. The van der Waals surface area contributed by atoms with Gasteiger partial charge >= 0.3 is 6.09 Å². The van der Waals surface area contributed by atoms with Crippen molar-refractivity contribution in [3.05, 3.63) is 46.2 Å². The lowest BCUT2D eigenvalue weighted by molar-refractivity contribution is 0.137. The summed E-state index contributed by atoms with van der Waals surface area (Å²) in [6, 6.07) is 6.10. The normalized spacial score (nSPS) is 14.6. The minimum absolute atomic E-state index is 0.216. The molecule has 0 saturated carbocycles. The van der Waals surface area contributed by atoms with Crippen LogP contribution in [0, 0.1) is 19.8 Å². The minimum Gasteiger partial charge on any atom is -0.443 e. The molecule has 0 aliphatic carbocycles. The number of nitrogens with one attached hydrogen (secondary N) is 1. The Morgan fingerprint density at radius 2 is 2.16 bits per heavy atom. The number of aromatic nitrogens is 3. The number of alkyl carbamates (subject to hydrolysis) is 1. The van der Waals surface area contributed by atoms with E-state index < -0.39 is 0 Å². The molecule has 1 saturated heterocycles. The third-order valence-corrected chi connectivity index (χ3v) is 6.25. The molecule has 31 heavy (non-hydrogen) atoms. The van der Waals surface area contributed by atoms with E-state index in [4.69, 9.17) is 14.2 Å². The van der Waals surface area contributed by atoms with Gasteiger partial charge in [0.1, 0.15) is 18.2 Å². The molecule has 9 heteroatoms. The number of hydrogen-bond acceptors (Lipinski definition) is 8. The van der Waals surface area contributed by atoms with E-state index in [1.165, 1.54) is 11.3 Å². The number of hydrogen-bond donors (Lipinski definition) is 1. The molecule has 0 bridgehead atoms. The first-order valence-corrected chi connectivity index (χ1v) is 11.5. The molecule has 0 atom stereocenters. The number of rotatable bonds is 7. The fourth-order valence-electron chi connectivity index (χ4n) is 3.92. The predicted molar refractivity (Wildman–Crippen MR) is 119 cm³/mol. The molecule has 164 valence electrons. The molecule has 0 spiro atoms. The Morgan fingerprint density at radius 1 is 1.32 bits per heavy atom. The maximum atomic E-state index is 11.8. The Labute approximate surface area is 185 Å². The number of amides is 1. The van der Waals surface area contributed by atoms with E-state index in [-0.39, 0.29) is 12.7 Å². The first kappa shape index (κ1) is 21.3. The van der Waals surface area contributed by atoms with Gasteiger partial charge in [-0.15, -0.1) is 11.3 Å². The summed E-state index contributed by atoms with van der Waals surface area (Å²) < 4.78 is 10.5. The van der Waals surface area contributed by atoms with E-state index in [1.807, 2.05) is 31.4 Å². The molecule has 3 aromatic rings. The fraction of sp³-hybridized carbons (Fsp3) is 0.455. The van der Waals surface area contributed by atoms with Crippen LogP contribution in [-0.4, -0.2) is 40.9 Å². The van der Waals surface area contributed by atoms with E-state index >= 15 is 0 Å². The van der Waals surface area contributed by atoms with Crippen molar-refractivity contribution in [3.8, 4) is 11.3 Å². The first-order chi connectivity index (χ1) is 15.1. The van der Waals surface area contributed by atoms with Crippen LogP contribution in [0.15, 0.2) is 33.6 Å². The molecular formula is C22H27N5O3S. The van der Waals surface area contributed by atoms with Gasteiger partial charge in [0.2, 0.25) is 0 Å². The van der Waals surface area contributed by atoms with E-state index in [0.29, 0.717) is 12.5 Å². The third kappa shape index (κ3) is 5.41. The quantitative estimate of drug-likeness (QED) is 0.583. The summed E-state index contributed by atoms with van der Waals surface area (Å²) in [7, 11) is 0. The second-order valence-electron chi connectivity index (χ2n) is 7.78. The zero-order chi connectivity index (χ0) is 21.6. The fourth-order valence-corrected chi connectivity index (χ4v) is 4.46. The molecule has 8 nitrogen and oxygen atoms in total. The Hall–Kier alpha value is -2.94. The maximum absolute atomic E-state index is 11.8. The van der Waals surface area contributed by atoms with Crippen LogP contribution in [0.25, 0.3) is 11.3 Å². The van der Waals surface area contributed by atoms with E-state index in [9.17, 15) is 4.79 Å². The molecule has 0 unspecified atom stereocenters. The van der Waals surface area contributed by atoms with Gasteiger partial charge in [0.15, 0.2) is 0 Å². The SMILES string of the molecule is Cc1noc(C)c1-c1cccc(N2CCC(CCNC(=O)OCc3cscn3)CC2)n1. The van der Waals surface area contributed by atoms with Crippen molar-refractivity contribution in [1.29, 1.82) is 0 Å². The van der Waals surface area contributed by atoms with Crippen LogP contribution in [0.1, 0.15) is 36.4 Å². The predicted octanol–water partition coefficient (Wildman–Crippen LogP) is 4.34. The number of anilines is 1. The second kappa shape index (κ2) is 9.91. The largest absolute Gasteiger partial charge is 0.443 e. The monoisotopic (exact) mass is 441 g/mol. The number of carbonyl (C=O) groups is 1. The molecule has 1 amide bonds. The molecule has 0 radical (unpaired) electrons. The van der Waals surface area contributed by atoms with Crippen molar-refractivity contribution in [2.24, 2.45) is 5.92 Å². The number of pyridine rings is 1. The zero-order valence-corrected chi connectivity index (χ0v) is 18.7. The molecule has 3 aromatic heterocycles. The van der Waals surface area contributed by atoms with Crippen LogP contribution < -0.4 is 10.2 Å². The van der Waals surface area contributed by atoms with Gasteiger partial charge in [-0.05, 0) is 51.2 Å². The van der Waals surface area contributed by atoms with Gasteiger partial charge in [0, 0.05) is 25.0 Å². The molecule has 1 N–H and O–H groups in total. The molecule has 4 rings (SSSR count). The Morgan fingerprint density at radius 3 is 2.87 bits per heavy atom. The van der Waals surface area contributed by atoms with Gasteiger partial charge in [-0.25, -0.2) is 14.8 Å². The molecule has 1 aliphatic rings. The van der Waals surface area contributed by atoms with Crippen molar-refractivity contribution in [3.63, 3.8) is 0 Å². The Balaban J connectivity index is 1.22. The second-order valence-corrected chi connectivity index (χ2v) is 8.50. The van der Waals surface area contributed by atoms with E-state index in [2.05, 4.69) is 26.4 Å². The summed E-state index contributed by atoms with van der Waals surface area (Å²) in [5, 5.41) is 8.76. The highest BCUT2D eigenvalue weighted by molar-refractivity contribution is 7.07. The third-order valence-electron chi connectivity index (χ3n) is 5.62. The number of carbonyl (C=O) groups excluding carboxylic acids is 1. The van der Waals surface area contributed by atoms with Crippen molar-refractivity contribution < 1.29 is 14.1 Å². The lowest BCUT2D eigenvalue weighted by atomic mass is 9.93. The lowest BCUT2D eigenvalue weighted by Crippen LogP contribution is -2.35. The van der Waals surface area contributed by atoms with Crippen LogP contribution in [0.3, 0.4) is 0 Å². The van der Waals surface area contributed by atoms with Crippen LogP contribution in [0.2, 0.25) is 0 Å². The maximum Gasteiger partial charge on any atom is 0.407 e. The van der Waals surface area contributed by atoms with Crippen LogP contribution >= 0.6 is 11.3 Å². The van der Waals surface area contributed by atoms with Crippen molar-refractivity contribution in [1.82, 2.24) is 20.4 Å². The first-order valence-electron chi connectivity index (χ1n) is 10.5. The zero-order valence-electron chi connectivity index (χ0n) is 17.8. The van der Waals surface area contributed by atoms with Crippen LogP contribution in [-0.2, 0) is 11.3 Å². The van der Waals surface area contributed by atoms with Gasteiger partial charge in [0.05, 0.1) is 28.2 Å². The molecule has 4 heterocycles. The van der Waals surface area contributed by atoms with Gasteiger partial charge in [0.25, 0.3) is 0 Å². The highest BCUT2D eigenvalue weighted by atomic mass is 32.1. The van der Waals surface area contributed by atoms with Gasteiger partial charge in [-0.2, -0.15) is 0 Å². The summed E-state index contributed by atoms with van der Waals surface area (Å²) in [5.41, 5.74) is 5.24. The summed E-state index contributed by atoms with van der Waals surface area (Å²) >= 11 is 1.49. The average molecular weight is 442 g/mol.